The van der Waals surface area contributed by atoms with Gasteiger partial charge in [0.2, 0.25) is 0 Å². The number of ether oxygens (including phenoxy) is 1. The molecular formula is C16H26N2O. The summed E-state index contributed by atoms with van der Waals surface area (Å²) in [6, 6.07) is 8.91. The van der Waals surface area contributed by atoms with E-state index in [1.165, 1.54) is 32.2 Å². The molecule has 1 saturated carbocycles. The lowest BCUT2D eigenvalue weighted by Crippen LogP contribution is -2.31. The first-order valence-electron chi connectivity index (χ1n) is 7.49. The van der Waals surface area contributed by atoms with Crippen molar-refractivity contribution >= 4 is 0 Å². The van der Waals surface area contributed by atoms with Crippen LogP contribution in [0.15, 0.2) is 24.3 Å². The van der Waals surface area contributed by atoms with E-state index in [1.54, 1.807) is 0 Å². The fourth-order valence-electron chi connectivity index (χ4n) is 2.28. The first kappa shape index (κ1) is 14.4. The molecule has 0 amide bonds. The van der Waals surface area contributed by atoms with Gasteiger partial charge in [0.05, 0.1) is 0 Å². The van der Waals surface area contributed by atoms with Crippen molar-refractivity contribution in [1.29, 1.82) is 0 Å². The van der Waals surface area contributed by atoms with Crippen LogP contribution in [0.25, 0.3) is 0 Å². The molecular weight excluding hydrogens is 236 g/mol. The first-order valence-corrected chi connectivity index (χ1v) is 7.49. The second-order valence-corrected chi connectivity index (χ2v) is 5.32. The summed E-state index contributed by atoms with van der Waals surface area (Å²) >= 11 is 0. The zero-order chi connectivity index (χ0) is 13.5. The van der Waals surface area contributed by atoms with Crippen LogP contribution in [0.2, 0.25) is 0 Å². The maximum absolute atomic E-state index is 5.81. The molecule has 2 rings (SSSR count). The quantitative estimate of drug-likeness (QED) is 0.743. The summed E-state index contributed by atoms with van der Waals surface area (Å²) in [6.45, 7) is 5.88. The molecule has 0 bridgehead atoms. The van der Waals surface area contributed by atoms with Gasteiger partial charge in [0, 0.05) is 19.1 Å². The molecule has 0 aromatic heterocycles. The van der Waals surface area contributed by atoms with E-state index in [2.05, 4.69) is 11.8 Å². The van der Waals surface area contributed by atoms with Gasteiger partial charge in [-0.25, -0.2) is 0 Å². The topological polar surface area (TPSA) is 38.5 Å². The predicted molar refractivity (Wildman–Crippen MR) is 79.3 cm³/mol. The van der Waals surface area contributed by atoms with Crippen LogP contribution in [0.3, 0.4) is 0 Å². The van der Waals surface area contributed by atoms with Gasteiger partial charge in [-0.3, -0.25) is 4.90 Å². The van der Waals surface area contributed by atoms with Crippen LogP contribution in [0.5, 0.6) is 5.75 Å². The molecule has 2 N–H and O–H groups in total. The van der Waals surface area contributed by atoms with Crippen molar-refractivity contribution in [3.63, 3.8) is 0 Å². The molecule has 1 aliphatic carbocycles. The number of nitrogens with zero attached hydrogens (tertiary/aromatic N) is 1. The van der Waals surface area contributed by atoms with Gasteiger partial charge < -0.3 is 10.5 Å². The van der Waals surface area contributed by atoms with Crippen LogP contribution >= 0.6 is 0 Å². The van der Waals surface area contributed by atoms with E-state index in [1.807, 2.05) is 24.3 Å². The summed E-state index contributed by atoms with van der Waals surface area (Å²) in [5, 5.41) is 0. The summed E-state index contributed by atoms with van der Waals surface area (Å²) in [4.78, 5) is 2.58. The highest BCUT2D eigenvalue weighted by Gasteiger charge is 2.27. The van der Waals surface area contributed by atoms with E-state index in [0.29, 0.717) is 6.54 Å². The third-order valence-corrected chi connectivity index (χ3v) is 3.67. The third kappa shape index (κ3) is 4.84. The monoisotopic (exact) mass is 262 g/mol. The minimum absolute atomic E-state index is 0.590. The Morgan fingerprint density at radius 2 is 1.95 bits per heavy atom. The molecule has 1 aromatic carbocycles. The smallest absolute Gasteiger partial charge is 0.119 e. The average molecular weight is 262 g/mol. The van der Waals surface area contributed by atoms with Crippen LogP contribution in [-0.2, 0) is 6.54 Å². The third-order valence-electron chi connectivity index (χ3n) is 3.67. The van der Waals surface area contributed by atoms with E-state index in [-0.39, 0.29) is 0 Å². The Hall–Kier alpha value is -1.06. The molecule has 0 saturated heterocycles. The molecule has 1 aromatic rings. The number of unbranched alkanes of at least 4 members (excludes halogenated alkanes) is 1. The Bertz CT molecular complexity index is 360. The van der Waals surface area contributed by atoms with E-state index < -0.39 is 0 Å². The molecule has 0 radical (unpaired) electrons. The average Bonchev–Trinajstić information content (AvgIpc) is 3.28. The molecule has 106 valence electrons. The van der Waals surface area contributed by atoms with Crippen LogP contribution in [0, 0.1) is 0 Å². The summed E-state index contributed by atoms with van der Waals surface area (Å²) in [5.41, 5.74) is 6.73. The fraction of sp³-hybridized carbons (Fsp3) is 0.625. The number of hydrogen-bond acceptors (Lipinski definition) is 3. The Morgan fingerprint density at radius 3 is 2.53 bits per heavy atom. The summed E-state index contributed by atoms with van der Waals surface area (Å²) in [7, 11) is 0. The van der Waals surface area contributed by atoms with Crippen molar-refractivity contribution < 1.29 is 4.74 Å². The van der Waals surface area contributed by atoms with Gasteiger partial charge in [0.25, 0.3) is 0 Å². The number of benzene rings is 1. The van der Waals surface area contributed by atoms with Gasteiger partial charge in [0.1, 0.15) is 12.4 Å². The minimum Gasteiger partial charge on any atom is -0.492 e. The molecule has 3 heteroatoms. The number of nitrogens with two attached hydrogens (primary N) is 1. The second kappa shape index (κ2) is 7.51. The maximum atomic E-state index is 5.81. The van der Waals surface area contributed by atoms with Crippen molar-refractivity contribution in [2.75, 3.05) is 19.7 Å². The van der Waals surface area contributed by atoms with E-state index in [0.717, 1.165) is 30.5 Å². The molecule has 0 aliphatic heterocycles. The van der Waals surface area contributed by atoms with E-state index >= 15 is 0 Å². The van der Waals surface area contributed by atoms with Crippen LogP contribution < -0.4 is 10.5 Å². The Balaban J connectivity index is 1.71. The zero-order valence-electron chi connectivity index (χ0n) is 12.0. The standard InChI is InChI=1S/C16H26N2O/c1-2-3-10-18(15-6-7-15)11-12-19-16-8-4-14(13-17)5-9-16/h4-5,8-9,15H,2-3,6-7,10-13,17H2,1H3. The lowest BCUT2D eigenvalue weighted by Gasteiger charge is -2.21. The summed E-state index contributed by atoms with van der Waals surface area (Å²) < 4.78 is 5.81. The van der Waals surface area contributed by atoms with Gasteiger partial charge in [-0.15, -0.1) is 0 Å². The van der Waals surface area contributed by atoms with Crippen LogP contribution in [0.4, 0.5) is 0 Å². The molecule has 1 fully saturated rings. The fourth-order valence-corrected chi connectivity index (χ4v) is 2.28. The maximum Gasteiger partial charge on any atom is 0.119 e. The van der Waals surface area contributed by atoms with E-state index in [4.69, 9.17) is 10.5 Å². The van der Waals surface area contributed by atoms with Crippen molar-refractivity contribution in [2.45, 2.75) is 45.2 Å². The predicted octanol–water partition coefficient (Wildman–Crippen LogP) is 2.79. The normalized spacial score (nSPS) is 14.9. The highest BCUT2D eigenvalue weighted by atomic mass is 16.5. The Morgan fingerprint density at radius 1 is 1.21 bits per heavy atom. The lowest BCUT2D eigenvalue weighted by molar-refractivity contribution is 0.199. The SMILES string of the molecule is CCCCN(CCOc1ccc(CN)cc1)C1CC1. The lowest BCUT2D eigenvalue weighted by atomic mass is 10.2. The Kier molecular flexibility index (Phi) is 5.67. The summed E-state index contributed by atoms with van der Waals surface area (Å²) in [5.74, 6) is 0.948. The Labute approximate surface area is 116 Å². The number of rotatable bonds is 9. The first-order chi connectivity index (χ1) is 9.33. The highest BCUT2D eigenvalue weighted by Crippen LogP contribution is 2.26. The molecule has 0 heterocycles. The van der Waals surface area contributed by atoms with Gasteiger partial charge >= 0.3 is 0 Å². The van der Waals surface area contributed by atoms with Crippen LogP contribution in [-0.4, -0.2) is 30.6 Å². The van der Waals surface area contributed by atoms with Gasteiger partial charge in [-0.1, -0.05) is 25.5 Å². The largest absolute Gasteiger partial charge is 0.492 e. The minimum atomic E-state index is 0.590. The highest BCUT2D eigenvalue weighted by molar-refractivity contribution is 5.27. The molecule has 0 unspecified atom stereocenters. The van der Waals surface area contributed by atoms with Crippen LogP contribution in [0.1, 0.15) is 38.2 Å². The van der Waals surface area contributed by atoms with Gasteiger partial charge in [-0.2, -0.15) is 0 Å². The number of hydrogen-bond donors (Lipinski definition) is 1. The van der Waals surface area contributed by atoms with Gasteiger partial charge in [0.15, 0.2) is 0 Å². The molecule has 0 atom stereocenters. The van der Waals surface area contributed by atoms with Crippen molar-refractivity contribution in [1.82, 2.24) is 4.90 Å². The van der Waals surface area contributed by atoms with E-state index in [9.17, 15) is 0 Å². The van der Waals surface area contributed by atoms with Crippen molar-refractivity contribution in [3.05, 3.63) is 29.8 Å². The zero-order valence-corrected chi connectivity index (χ0v) is 12.0. The molecule has 19 heavy (non-hydrogen) atoms. The van der Waals surface area contributed by atoms with Crippen molar-refractivity contribution in [3.8, 4) is 5.75 Å². The van der Waals surface area contributed by atoms with Crippen molar-refractivity contribution in [2.24, 2.45) is 5.73 Å². The second-order valence-electron chi connectivity index (χ2n) is 5.32. The molecule has 0 spiro atoms. The van der Waals surface area contributed by atoms with Gasteiger partial charge in [-0.05, 0) is 43.5 Å². The molecule has 1 aliphatic rings. The summed E-state index contributed by atoms with van der Waals surface area (Å²) in [6.07, 6.45) is 5.30. The molecule has 3 nitrogen and oxygen atoms in total.